The molecule has 0 heterocycles. The standard InChI is InChI=1S/C29H48O.C29H46O/c2*1-7-21(19(2)3)9-8-20(4)25-12-13-26-24-11-10-22-18-23(30)14-16-28(22,5)27(24)15-17-29(25,26)6/h7,10,19-20,23-27,30H,8-9,11-18H2,1-6H3;7,10-11,19-20,23,25-27,30H,8-9,12-18H2,1-6H3/b2*21-7-. The van der Waals surface area contributed by atoms with Gasteiger partial charge in [0.25, 0.3) is 0 Å². The second-order valence-electron chi connectivity index (χ2n) is 24.5. The molecule has 15 atom stereocenters. The molecule has 60 heavy (non-hydrogen) atoms. The van der Waals surface area contributed by atoms with Crippen LogP contribution in [0.3, 0.4) is 0 Å². The zero-order chi connectivity index (χ0) is 43.4. The second kappa shape index (κ2) is 18.2. The van der Waals surface area contributed by atoms with Gasteiger partial charge in [0.15, 0.2) is 0 Å². The van der Waals surface area contributed by atoms with E-state index in [0.29, 0.717) is 33.5 Å². The monoisotopic (exact) mass is 823 g/mol. The quantitative estimate of drug-likeness (QED) is 0.216. The fraction of sp³-hybridized carbons (Fsp3) is 0.828. The van der Waals surface area contributed by atoms with Crippen LogP contribution in [0.15, 0.2) is 58.2 Å². The summed E-state index contributed by atoms with van der Waals surface area (Å²) in [5.41, 5.74) is 9.98. The normalized spacial score (nSPS) is 43.5. The van der Waals surface area contributed by atoms with E-state index in [1.165, 1.54) is 102 Å². The summed E-state index contributed by atoms with van der Waals surface area (Å²) >= 11 is 0. The van der Waals surface area contributed by atoms with Crippen LogP contribution in [0.2, 0.25) is 0 Å². The molecule has 8 aliphatic carbocycles. The number of hydrogen-bond acceptors (Lipinski definition) is 2. The molecule has 2 N–H and O–H groups in total. The van der Waals surface area contributed by atoms with Crippen LogP contribution >= 0.6 is 0 Å². The van der Waals surface area contributed by atoms with E-state index in [1.54, 1.807) is 22.3 Å². The van der Waals surface area contributed by atoms with Crippen LogP contribution in [0.25, 0.3) is 0 Å². The molecule has 6 fully saturated rings. The Labute approximate surface area is 371 Å². The van der Waals surface area contributed by atoms with Gasteiger partial charge in [-0.25, -0.2) is 0 Å². The molecule has 0 saturated heterocycles. The number of aliphatic hydroxyl groups excluding tert-OH is 2. The van der Waals surface area contributed by atoms with Crippen molar-refractivity contribution in [2.75, 3.05) is 0 Å². The Morgan fingerprint density at radius 3 is 1.75 bits per heavy atom. The molecular formula is C58H94O2. The summed E-state index contributed by atoms with van der Waals surface area (Å²) in [6.07, 6.45) is 36.3. The van der Waals surface area contributed by atoms with Gasteiger partial charge in [-0.3, -0.25) is 0 Å². The molecule has 2 nitrogen and oxygen atoms in total. The molecule has 0 aromatic carbocycles. The van der Waals surface area contributed by atoms with E-state index in [-0.39, 0.29) is 12.2 Å². The second-order valence-corrected chi connectivity index (χ2v) is 24.5. The maximum absolute atomic E-state index is 10.2. The number of rotatable bonds is 10. The highest BCUT2D eigenvalue weighted by Crippen LogP contribution is 2.68. The lowest BCUT2D eigenvalue weighted by Crippen LogP contribution is -2.50. The lowest BCUT2D eigenvalue weighted by molar-refractivity contribution is -0.0571. The minimum absolute atomic E-state index is 0.0839. The molecule has 338 valence electrons. The van der Waals surface area contributed by atoms with Crippen molar-refractivity contribution in [2.45, 2.75) is 217 Å². The van der Waals surface area contributed by atoms with Gasteiger partial charge in [-0.1, -0.05) is 127 Å². The van der Waals surface area contributed by atoms with Crippen molar-refractivity contribution in [3.63, 3.8) is 0 Å². The molecule has 15 unspecified atom stereocenters. The van der Waals surface area contributed by atoms with E-state index >= 15 is 0 Å². The first-order valence-corrected chi connectivity index (χ1v) is 26.2. The van der Waals surface area contributed by atoms with Crippen LogP contribution in [0.1, 0.15) is 205 Å². The highest BCUT2D eigenvalue weighted by Gasteiger charge is 2.60. The average molecular weight is 823 g/mol. The van der Waals surface area contributed by atoms with Crippen molar-refractivity contribution >= 4 is 0 Å². The summed E-state index contributed by atoms with van der Waals surface area (Å²) < 4.78 is 0. The Balaban J connectivity index is 0.000000181. The SMILES string of the molecule is C/C=C(/CCC(C)C1CCC2C3=CC=C4CC(O)CCC4(C)C3CCC21C)C(C)C.C/C=C(/CCC(C)C1CCC2C3CC=C4CC(O)CCC4(C)C3CCC12C)C(C)C. The van der Waals surface area contributed by atoms with E-state index < -0.39 is 0 Å². The third-order valence-corrected chi connectivity index (χ3v) is 21.1. The molecule has 0 radical (unpaired) electrons. The van der Waals surface area contributed by atoms with Gasteiger partial charge in [-0.2, -0.15) is 0 Å². The highest BCUT2D eigenvalue weighted by molar-refractivity contribution is 5.39. The fourth-order valence-electron chi connectivity index (χ4n) is 17.3. The van der Waals surface area contributed by atoms with Crippen LogP contribution in [-0.4, -0.2) is 22.4 Å². The van der Waals surface area contributed by atoms with Gasteiger partial charge in [0.1, 0.15) is 0 Å². The molecule has 6 saturated carbocycles. The number of hydrogen-bond donors (Lipinski definition) is 2. The minimum atomic E-state index is -0.113. The number of allylic oxidation sites excluding steroid dienone is 8. The first kappa shape index (κ1) is 46.6. The first-order valence-electron chi connectivity index (χ1n) is 26.2. The van der Waals surface area contributed by atoms with Crippen molar-refractivity contribution in [3.8, 4) is 0 Å². The van der Waals surface area contributed by atoms with Gasteiger partial charge in [-0.15, -0.1) is 0 Å². The van der Waals surface area contributed by atoms with Gasteiger partial charge in [0.05, 0.1) is 12.2 Å². The molecule has 8 rings (SSSR count). The Kier molecular flexibility index (Phi) is 14.2. The first-order chi connectivity index (χ1) is 28.4. The Morgan fingerprint density at radius 2 is 1.15 bits per heavy atom. The fourth-order valence-corrected chi connectivity index (χ4v) is 17.3. The lowest BCUT2D eigenvalue weighted by Gasteiger charge is -2.58. The Morgan fingerprint density at radius 1 is 0.600 bits per heavy atom. The molecule has 0 aliphatic heterocycles. The summed E-state index contributed by atoms with van der Waals surface area (Å²) in [6.45, 7) is 29.4. The molecule has 2 heteroatoms. The smallest absolute Gasteiger partial charge is 0.0578 e. The third-order valence-electron chi connectivity index (χ3n) is 21.1. The van der Waals surface area contributed by atoms with Gasteiger partial charge < -0.3 is 10.2 Å². The number of fused-ring (bicyclic) bond motifs is 10. The molecule has 0 amide bonds. The summed E-state index contributed by atoms with van der Waals surface area (Å²) in [7, 11) is 0. The topological polar surface area (TPSA) is 40.5 Å². The summed E-state index contributed by atoms with van der Waals surface area (Å²) in [6, 6.07) is 0. The van der Waals surface area contributed by atoms with E-state index in [0.717, 1.165) is 78.9 Å². The summed E-state index contributed by atoms with van der Waals surface area (Å²) in [5.74, 6) is 9.05. The zero-order valence-corrected chi connectivity index (χ0v) is 41.2. The van der Waals surface area contributed by atoms with Crippen LogP contribution in [-0.2, 0) is 0 Å². The predicted molar refractivity (Wildman–Crippen MR) is 256 cm³/mol. The summed E-state index contributed by atoms with van der Waals surface area (Å²) in [5, 5.41) is 20.5. The van der Waals surface area contributed by atoms with Crippen LogP contribution in [0.4, 0.5) is 0 Å². The average Bonchev–Trinajstić information content (AvgIpc) is 3.75. The van der Waals surface area contributed by atoms with Crippen LogP contribution in [0, 0.1) is 86.8 Å². The van der Waals surface area contributed by atoms with Crippen LogP contribution < -0.4 is 0 Å². The highest BCUT2D eigenvalue weighted by atomic mass is 16.3. The van der Waals surface area contributed by atoms with Crippen molar-refractivity contribution in [3.05, 3.63) is 58.2 Å². The minimum Gasteiger partial charge on any atom is -0.393 e. The van der Waals surface area contributed by atoms with E-state index in [4.69, 9.17) is 0 Å². The molecule has 8 aliphatic rings. The van der Waals surface area contributed by atoms with Crippen molar-refractivity contribution in [1.82, 2.24) is 0 Å². The van der Waals surface area contributed by atoms with Crippen molar-refractivity contribution in [2.24, 2.45) is 86.8 Å². The largest absolute Gasteiger partial charge is 0.393 e. The lowest BCUT2D eigenvalue weighted by atomic mass is 9.47. The number of aliphatic hydroxyl groups is 2. The summed E-state index contributed by atoms with van der Waals surface area (Å²) in [4.78, 5) is 0. The Bertz CT molecular complexity index is 1670. The third kappa shape index (κ3) is 8.37. The predicted octanol–water partition coefficient (Wildman–Crippen LogP) is 15.8. The van der Waals surface area contributed by atoms with E-state index in [1.807, 2.05) is 0 Å². The van der Waals surface area contributed by atoms with E-state index in [9.17, 15) is 10.2 Å². The maximum Gasteiger partial charge on any atom is 0.0578 e. The van der Waals surface area contributed by atoms with Crippen molar-refractivity contribution < 1.29 is 10.2 Å². The molecule has 0 bridgehead atoms. The van der Waals surface area contributed by atoms with E-state index in [2.05, 4.69) is 113 Å². The van der Waals surface area contributed by atoms with Gasteiger partial charge >= 0.3 is 0 Å². The van der Waals surface area contributed by atoms with Gasteiger partial charge in [-0.05, 0) is 223 Å². The van der Waals surface area contributed by atoms with Crippen molar-refractivity contribution in [1.29, 1.82) is 0 Å². The van der Waals surface area contributed by atoms with Gasteiger partial charge in [0, 0.05) is 0 Å². The molecule has 0 aromatic rings. The Hall–Kier alpha value is -1.38. The molecular weight excluding hydrogens is 729 g/mol. The maximum atomic E-state index is 10.2. The molecule has 0 aromatic heterocycles. The zero-order valence-electron chi connectivity index (χ0n) is 41.2. The molecule has 0 spiro atoms. The van der Waals surface area contributed by atoms with Crippen LogP contribution in [0.5, 0.6) is 0 Å². The van der Waals surface area contributed by atoms with Gasteiger partial charge in [0.2, 0.25) is 0 Å².